The summed E-state index contributed by atoms with van der Waals surface area (Å²) in [6, 6.07) is 5.14. The lowest BCUT2D eigenvalue weighted by Crippen LogP contribution is -2.37. The number of rotatable bonds is 7. The molecule has 3 aromatic heterocycles. The number of nitrogens with one attached hydrogen (secondary N) is 3. The summed E-state index contributed by atoms with van der Waals surface area (Å²) >= 11 is 0. The van der Waals surface area contributed by atoms with E-state index in [0.717, 1.165) is 12.1 Å². The number of imidazole rings is 1. The summed E-state index contributed by atoms with van der Waals surface area (Å²) in [7, 11) is 1.75. The lowest BCUT2D eigenvalue weighted by Gasteiger charge is -2.18. The van der Waals surface area contributed by atoms with Crippen LogP contribution in [0.4, 0.5) is 11.5 Å². The fourth-order valence-corrected chi connectivity index (χ4v) is 3.53. The first kappa shape index (κ1) is 21.6. The van der Waals surface area contributed by atoms with E-state index in [0.29, 0.717) is 30.4 Å². The number of anilines is 2. The van der Waals surface area contributed by atoms with Crippen molar-refractivity contribution in [3.63, 3.8) is 0 Å². The Morgan fingerprint density at radius 1 is 1.28 bits per heavy atom. The maximum atomic E-state index is 13.0. The molecule has 0 spiro atoms. The molecule has 3 aromatic rings. The zero-order chi connectivity index (χ0) is 22.9. The van der Waals surface area contributed by atoms with Gasteiger partial charge in [-0.1, -0.05) is 19.9 Å². The van der Waals surface area contributed by atoms with Crippen LogP contribution in [0.25, 0.3) is 5.82 Å². The fraction of sp³-hybridized carbons (Fsp3) is 0.350. The third-order valence-corrected chi connectivity index (χ3v) is 5.34. The van der Waals surface area contributed by atoms with Gasteiger partial charge in [-0.3, -0.25) is 29.6 Å². The lowest BCUT2D eigenvalue weighted by atomic mass is 9.92. The number of nitrogens with two attached hydrogens (primary N) is 1. The molecule has 1 fully saturated rings. The van der Waals surface area contributed by atoms with Crippen molar-refractivity contribution in [3.05, 3.63) is 48.3 Å². The fourth-order valence-electron chi connectivity index (χ4n) is 3.53. The SMILES string of the molecule is Cn1cc(NC(=O)c2cccc(-n3cnc(CNNN)c3)n2)c(N2CCC(C)(C)C2=O)n1. The van der Waals surface area contributed by atoms with Crippen molar-refractivity contribution >= 4 is 23.3 Å². The summed E-state index contributed by atoms with van der Waals surface area (Å²) in [4.78, 5) is 36.0. The average molecular weight is 438 g/mol. The second-order valence-electron chi connectivity index (χ2n) is 8.24. The Morgan fingerprint density at radius 2 is 2.09 bits per heavy atom. The molecule has 1 aliphatic rings. The van der Waals surface area contributed by atoms with Crippen molar-refractivity contribution in [3.8, 4) is 5.82 Å². The summed E-state index contributed by atoms with van der Waals surface area (Å²) in [6.07, 6.45) is 5.80. The van der Waals surface area contributed by atoms with E-state index < -0.39 is 11.3 Å². The minimum atomic E-state index is -0.450. The monoisotopic (exact) mass is 438 g/mol. The van der Waals surface area contributed by atoms with Gasteiger partial charge in [-0.2, -0.15) is 10.6 Å². The number of carbonyl (C=O) groups is 2. The molecule has 4 rings (SSSR count). The van der Waals surface area contributed by atoms with Crippen LogP contribution in [0.2, 0.25) is 0 Å². The molecule has 2 amide bonds. The van der Waals surface area contributed by atoms with Crippen molar-refractivity contribution in [1.82, 2.24) is 35.3 Å². The predicted molar refractivity (Wildman–Crippen MR) is 117 cm³/mol. The highest BCUT2D eigenvalue weighted by Gasteiger charge is 2.41. The summed E-state index contributed by atoms with van der Waals surface area (Å²) < 4.78 is 3.29. The van der Waals surface area contributed by atoms with E-state index >= 15 is 0 Å². The van der Waals surface area contributed by atoms with Gasteiger partial charge in [-0.15, -0.1) is 0 Å². The quantitative estimate of drug-likeness (QED) is 0.308. The smallest absolute Gasteiger partial charge is 0.274 e. The van der Waals surface area contributed by atoms with Crippen molar-refractivity contribution < 1.29 is 9.59 Å². The molecule has 0 aromatic carbocycles. The molecule has 4 heterocycles. The number of hydrazine groups is 2. The molecular formula is C20H26N10O2. The van der Waals surface area contributed by atoms with Crippen LogP contribution in [0, 0.1) is 5.41 Å². The average Bonchev–Trinajstić information content (AvgIpc) is 3.45. The van der Waals surface area contributed by atoms with Gasteiger partial charge in [-0.05, 0) is 18.6 Å². The van der Waals surface area contributed by atoms with Gasteiger partial charge in [0, 0.05) is 25.2 Å². The van der Waals surface area contributed by atoms with E-state index in [1.807, 2.05) is 13.8 Å². The Labute approximate surface area is 184 Å². The van der Waals surface area contributed by atoms with E-state index in [1.54, 1.807) is 58.1 Å². The number of hydrogen-bond donors (Lipinski definition) is 4. The zero-order valence-electron chi connectivity index (χ0n) is 18.2. The van der Waals surface area contributed by atoms with Gasteiger partial charge in [0.25, 0.3) is 5.91 Å². The summed E-state index contributed by atoms with van der Waals surface area (Å²) in [5.41, 5.74) is 6.08. The third-order valence-electron chi connectivity index (χ3n) is 5.34. The highest BCUT2D eigenvalue weighted by atomic mass is 16.2. The molecule has 0 atom stereocenters. The standard InChI is InChI=1S/C20H26N10O2/c1-20(2)7-8-30(19(20)32)17-15(11-28(3)26-17)25-18(31)14-5-4-6-16(24-14)29-10-13(22-12-29)9-23-27-21/h4-6,10-12,23,27H,7-9,21H2,1-3H3,(H,25,31). The molecule has 168 valence electrons. The number of pyridine rings is 1. The van der Waals surface area contributed by atoms with Crippen LogP contribution in [0.15, 0.2) is 36.9 Å². The van der Waals surface area contributed by atoms with Gasteiger partial charge in [0.2, 0.25) is 5.91 Å². The second-order valence-corrected chi connectivity index (χ2v) is 8.24. The molecule has 0 aliphatic carbocycles. The van der Waals surface area contributed by atoms with E-state index in [2.05, 4.69) is 31.3 Å². The normalized spacial score (nSPS) is 15.4. The van der Waals surface area contributed by atoms with Crippen LogP contribution in [0.3, 0.4) is 0 Å². The van der Waals surface area contributed by atoms with Crippen LogP contribution in [0.1, 0.15) is 36.5 Å². The number of hydrogen-bond acceptors (Lipinski definition) is 8. The van der Waals surface area contributed by atoms with Crippen LogP contribution < -0.4 is 27.0 Å². The van der Waals surface area contributed by atoms with E-state index in [-0.39, 0.29) is 11.6 Å². The molecule has 0 bridgehead atoms. The highest BCUT2D eigenvalue weighted by Crippen LogP contribution is 2.36. The molecule has 0 unspecified atom stereocenters. The van der Waals surface area contributed by atoms with Crippen LogP contribution >= 0.6 is 0 Å². The molecule has 1 aliphatic heterocycles. The largest absolute Gasteiger partial charge is 0.316 e. The van der Waals surface area contributed by atoms with Gasteiger partial charge in [0.1, 0.15) is 23.5 Å². The van der Waals surface area contributed by atoms with Crippen molar-refractivity contribution in [2.75, 3.05) is 16.8 Å². The summed E-state index contributed by atoms with van der Waals surface area (Å²) in [5.74, 6) is 5.77. The predicted octanol–water partition coefficient (Wildman–Crippen LogP) is 0.484. The summed E-state index contributed by atoms with van der Waals surface area (Å²) in [5, 5.41) is 7.25. The number of aryl methyl sites for hydroxylation is 1. The van der Waals surface area contributed by atoms with Crippen LogP contribution in [-0.2, 0) is 18.4 Å². The Bertz CT molecular complexity index is 1150. The molecule has 32 heavy (non-hydrogen) atoms. The molecule has 1 saturated heterocycles. The Balaban J connectivity index is 1.54. The lowest BCUT2D eigenvalue weighted by molar-refractivity contribution is -0.124. The molecule has 0 radical (unpaired) electrons. The summed E-state index contributed by atoms with van der Waals surface area (Å²) in [6.45, 7) is 4.81. The highest BCUT2D eigenvalue weighted by molar-refractivity contribution is 6.07. The van der Waals surface area contributed by atoms with Gasteiger partial charge in [-0.25, -0.2) is 15.4 Å². The first-order chi connectivity index (χ1) is 15.3. The minimum absolute atomic E-state index is 0.0120. The first-order valence-corrected chi connectivity index (χ1v) is 10.1. The maximum absolute atomic E-state index is 13.0. The zero-order valence-corrected chi connectivity index (χ0v) is 18.2. The molecule has 0 saturated carbocycles. The molecule has 5 N–H and O–H groups in total. The van der Waals surface area contributed by atoms with E-state index in [1.165, 1.54) is 0 Å². The van der Waals surface area contributed by atoms with E-state index in [4.69, 9.17) is 5.84 Å². The minimum Gasteiger partial charge on any atom is -0.316 e. The molecule has 12 heteroatoms. The van der Waals surface area contributed by atoms with Crippen LogP contribution in [0.5, 0.6) is 0 Å². The number of carbonyl (C=O) groups excluding carboxylic acids is 2. The first-order valence-electron chi connectivity index (χ1n) is 10.1. The second kappa shape index (κ2) is 8.49. The van der Waals surface area contributed by atoms with Gasteiger partial charge >= 0.3 is 0 Å². The van der Waals surface area contributed by atoms with Crippen LogP contribution in [-0.4, -0.2) is 42.7 Å². The molecule has 12 nitrogen and oxygen atoms in total. The number of aromatic nitrogens is 5. The van der Waals surface area contributed by atoms with Gasteiger partial charge < -0.3 is 5.32 Å². The van der Waals surface area contributed by atoms with E-state index in [9.17, 15) is 9.59 Å². The Hall–Kier alpha value is -3.61. The topological polar surface area (TPSA) is 148 Å². The number of amides is 2. The molecular weight excluding hydrogens is 412 g/mol. The van der Waals surface area contributed by atoms with Gasteiger partial charge in [0.05, 0.1) is 18.4 Å². The van der Waals surface area contributed by atoms with Gasteiger partial charge in [0.15, 0.2) is 5.82 Å². The van der Waals surface area contributed by atoms with Crippen molar-refractivity contribution in [1.29, 1.82) is 0 Å². The Morgan fingerprint density at radius 3 is 2.81 bits per heavy atom. The third kappa shape index (κ3) is 4.23. The maximum Gasteiger partial charge on any atom is 0.274 e. The van der Waals surface area contributed by atoms with Crippen molar-refractivity contribution in [2.24, 2.45) is 18.3 Å². The number of nitrogens with zero attached hydrogens (tertiary/aromatic N) is 6. The Kier molecular flexibility index (Phi) is 5.74. The van der Waals surface area contributed by atoms with Crippen molar-refractivity contribution in [2.45, 2.75) is 26.8 Å².